The van der Waals surface area contributed by atoms with Crippen LogP contribution in [-0.4, -0.2) is 8.42 Å². The molecule has 3 aromatic carbocycles. The van der Waals surface area contributed by atoms with Crippen LogP contribution in [0.25, 0.3) is 11.0 Å². The number of rotatable bonds is 6. The highest BCUT2D eigenvalue weighted by Crippen LogP contribution is 2.34. The fourth-order valence-corrected chi connectivity index (χ4v) is 4.77. The lowest BCUT2D eigenvalue weighted by Crippen LogP contribution is -2.24. The molecule has 0 saturated heterocycles. The van der Waals surface area contributed by atoms with Gasteiger partial charge in [-0.15, -0.1) is 0 Å². The van der Waals surface area contributed by atoms with E-state index in [0.717, 1.165) is 12.1 Å². The summed E-state index contributed by atoms with van der Waals surface area (Å²) in [6.45, 7) is -0.582. The number of sulfonamides is 1. The summed E-state index contributed by atoms with van der Waals surface area (Å²) < 4.78 is 99.7. The maximum Gasteiger partial charge on any atom is 0.417 e. The smallest absolute Gasteiger partial charge is 0.417 e. The molecule has 0 aliphatic carbocycles. The highest BCUT2D eigenvalue weighted by Gasteiger charge is 2.34. The molecule has 0 bridgehead atoms. The third-order valence-corrected chi connectivity index (χ3v) is 7.16. The van der Waals surface area contributed by atoms with E-state index in [9.17, 15) is 35.2 Å². The van der Waals surface area contributed by atoms with Crippen molar-refractivity contribution in [3.8, 4) is 0 Å². The number of hydrogen-bond donors (Lipinski definition) is 1. The minimum atomic E-state index is -4.76. The Hall–Kier alpha value is -3.28. The van der Waals surface area contributed by atoms with Crippen molar-refractivity contribution in [3.63, 3.8) is 0 Å². The van der Waals surface area contributed by atoms with Crippen LogP contribution < -0.4 is 10.3 Å². The molecule has 188 valence electrons. The van der Waals surface area contributed by atoms with Gasteiger partial charge < -0.3 is 4.42 Å². The maximum absolute atomic E-state index is 13.9. The second-order valence-corrected chi connectivity index (χ2v) is 9.92. The first-order chi connectivity index (χ1) is 16.8. The third kappa shape index (κ3) is 5.43. The average molecular weight is 544 g/mol. The zero-order valence-electron chi connectivity index (χ0n) is 18.0. The van der Waals surface area contributed by atoms with Crippen molar-refractivity contribution in [3.05, 3.63) is 110 Å². The fraction of sp³-hybridized carbons (Fsp3) is 0.125. The number of fused-ring (bicyclic) bond motifs is 1. The molecule has 36 heavy (non-hydrogen) atoms. The van der Waals surface area contributed by atoms with Gasteiger partial charge in [0, 0.05) is 23.6 Å². The van der Waals surface area contributed by atoms with Crippen molar-refractivity contribution in [2.75, 3.05) is 0 Å². The average Bonchev–Trinajstić information content (AvgIpc) is 2.81. The Bertz CT molecular complexity index is 1620. The van der Waals surface area contributed by atoms with E-state index in [1.54, 1.807) is 0 Å². The Balaban J connectivity index is 1.54. The molecule has 0 radical (unpaired) electrons. The molecule has 0 unspecified atom stereocenters. The molecule has 0 fully saturated rings. The first kappa shape index (κ1) is 25.8. The van der Waals surface area contributed by atoms with Gasteiger partial charge in [0.2, 0.25) is 10.0 Å². The van der Waals surface area contributed by atoms with Crippen molar-refractivity contribution in [1.29, 1.82) is 0 Å². The molecular weight excluding hydrogens is 529 g/mol. The van der Waals surface area contributed by atoms with Gasteiger partial charge in [0.25, 0.3) is 0 Å². The van der Waals surface area contributed by atoms with Crippen molar-refractivity contribution in [2.24, 2.45) is 0 Å². The minimum absolute atomic E-state index is 0.157. The van der Waals surface area contributed by atoms with Gasteiger partial charge in [0.15, 0.2) is 0 Å². The van der Waals surface area contributed by atoms with Crippen LogP contribution in [0.15, 0.2) is 74.8 Å². The molecule has 0 atom stereocenters. The van der Waals surface area contributed by atoms with E-state index in [0.29, 0.717) is 17.2 Å². The van der Waals surface area contributed by atoms with Crippen LogP contribution in [0.4, 0.5) is 22.0 Å². The molecular formula is C24H15ClF5NO4S. The lowest BCUT2D eigenvalue weighted by atomic mass is 10.0. The third-order valence-electron chi connectivity index (χ3n) is 5.33. The summed E-state index contributed by atoms with van der Waals surface area (Å²) in [7, 11) is -4.11. The van der Waals surface area contributed by atoms with Crippen LogP contribution in [0.2, 0.25) is 5.02 Å². The van der Waals surface area contributed by atoms with Crippen LogP contribution in [0, 0.1) is 11.6 Å². The quantitative estimate of drug-likeness (QED) is 0.189. The molecule has 12 heteroatoms. The van der Waals surface area contributed by atoms with Gasteiger partial charge in [-0.1, -0.05) is 29.8 Å². The van der Waals surface area contributed by atoms with Gasteiger partial charge in [-0.3, -0.25) is 0 Å². The van der Waals surface area contributed by atoms with Crippen molar-refractivity contribution < 1.29 is 34.8 Å². The zero-order valence-corrected chi connectivity index (χ0v) is 19.6. The summed E-state index contributed by atoms with van der Waals surface area (Å²) >= 11 is 5.72. The number of alkyl halides is 3. The first-order valence-corrected chi connectivity index (χ1v) is 12.1. The Labute approximate surface area is 206 Å². The van der Waals surface area contributed by atoms with Crippen molar-refractivity contribution >= 4 is 32.6 Å². The predicted octanol–water partition coefficient (Wildman–Crippen LogP) is 5.81. The van der Waals surface area contributed by atoms with Gasteiger partial charge >= 0.3 is 11.8 Å². The molecule has 0 amide bonds. The Kier molecular flexibility index (Phi) is 6.91. The molecule has 0 aliphatic rings. The molecule has 1 N–H and O–H groups in total. The molecule has 1 aromatic heterocycles. The van der Waals surface area contributed by atoms with Crippen LogP contribution in [-0.2, 0) is 29.2 Å². The predicted molar refractivity (Wildman–Crippen MR) is 122 cm³/mol. The number of benzene rings is 3. The van der Waals surface area contributed by atoms with E-state index in [1.165, 1.54) is 42.5 Å². The summed E-state index contributed by atoms with van der Waals surface area (Å²) in [6.07, 6.45) is -4.60. The van der Waals surface area contributed by atoms with Gasteiger partial charge in [-0.05, 0) is 53.9 Å². The Morgan fingerprint density at radius 3 is 2.19 bits per heavy atom. The van der Waals surface area contributed by atoms with Gasteiger partial charge in [-0.25, -0.2) is 26.7 Å². The standard InChI is InChI=1S/C24H15ClF5NO4S/c25-23-17(19(26)6-7-20(23)27)12-31-36(33,34)15-4-1-13(2-5-15)9-14-3-8-21-16(10-14)18(24(28,29)30)11-22(32)35-21/h1-8,10-11,31H,9,12H2. The first-order valence-electron chi connectivity index (χ1n) is 10.2. The molecule has 4 aromatic rings. The van der Waals surface area contributed by atoms with E-state index in [1.807, 2.05) is 0 Å². The van der Waals surface area contributed by atoms with Crippen molar-refractivity contribution in [1.82, 2.24) is 4.72 Å². The summed E-state index contributed by atoms with van der Waals surface area (Å²) in [6, 6.07) is 11.5. The second kappa shape index (κ2) is 9.64. The van der Waals surface area contributed by atoms with Crippen LogP contribution in [0.1, 0.15) is 22.3 Å². The summed E-state index contributed by atoms with van der Waals surface area (Å²) in [5.41, 5.74) is -1.73. The normalized spacial score (nSPS) is 12.3. The topological polar surface area (TPSA) is 76.4 Å². The van der Waals surface area contributed by atoms with E-state index >= 15 is 0 Å². The second-order valence-electron chi connectivity index (χ2n) is 7.77. The molecule has 0 spiro atoms. The summed E-state index contributed by atoms with van der Waals surface area (Å²) in [5.74, 6) is -1.77. The van der Waals surface area contributed by atoms with Crippen LogP contribution >= 0.6 is 11.6 Å². The zero-order chi connectivity index (χ0) is 26.3. The van der Waals surface area contributed by atoms with E-state index < -0.39 is 50.6 Å². The minimum Gasteiger partial charge on any atom is -0.423 e. The van der Waals surface area contributed by atoms with Gasteiger partial charge in [0.1, 0.15) is 17.2 Å². The number of hydrogen-bond acceptors (Lipinski definition) is 4. The molecule has 5 nitrogen and oxygen atoms in total. The molecule has 0 aliphatic heterocycles. The van der Waals surface area contributed by atoms with Crippen LogP contribution in [0.5, 0.6) is 0 Å². The largest absolute Gasteiger partial charge is 0.423 e. The number of nitrogens with one attached hydrogen (secondary N) is 1. The summed E-state index contributed by atoms with van der Waals surface area (Å²) in [4.78, 5) is 11.3. The maximum atomic E-state index is 13.9. The monoisotopic (exact) mass is 543 g/mol. The SMILES string of the molecule is O=c1cc(C(F)(F)F)c2cc(Cc3ccc(S(=O)(=O)NCc4c(F)ccc(F)c4Cl)cc3)ccc2o1. The highest BCUT2D eigenvalue weighted by atomic mass is 35.5. The van der Waals surface area contributed by atoms with E-state index in [2.05, 4.69) is 4.72 Å². The molecule has 1 heterocycles. The van der Waals surface area contributed by atoms with Crippen LogP contribution in [0.3, 0.4) is 0 Å². The lowest BCUT2D eigenvalue weighted by molar-refractivity contribution is -0.136. The van der Waals surface area contributed by atoms with Gasteiger partial charge in [-0.2, -0.15) is 13.2 Å². The Morgan fingerprint density at radius 1 is 0.889 bits per heavy atom. The number of halogens is 6. The lowest BCUT2D eigenvalue weighted by Gasteiger charge is -2.11. The molecule has 4 rings (SSSR count). The Morgan fingerprint density at radius 2 is 1.53 bits per heavy atom. The molecule has 0 saturated carbocycles. The fourth-order valence-electron chi connectivity index (χ4n) is 3.56. The van der Waals surface area contributed by atoms with Crippen molar-refractivity contribution in [2.45, 2.75) is 24.0 Å². The van der Waals surface area contributed by atoms with E-state index in [-0.39, 0.29) is 27.8 Å². The van der Waals surface area contributed by atoms with Gasteiger partial charge in [0.05, 0.1) is 15.5 Å². The van der Waals surface area contributed by atoms with E-state index in [4.69, 9.17) is 16.0 Å². The highest BCUT2D eigenvalue weighted by molar-refractivity contribution is 7.89. The summed E-state index contributed by atoms with van der Waals surface area (Å²) in [5, 5.41) is -0.803.